The Bertz CT molecular complexity index is 201. The molecule has 0 aliphatic carbocycles. The second-order valence-corrected chi connectivity index (χ2v) is 3.30. The van der Waals surface area contributed by atoms with Crippen LogP contribution in [0.25, 0.3) is 0 Å². The zero-order valence-electron chi connectivity index (χ0n) is 9.75. The Kier molecular flexibility index (Phi) is 7.68. The maximum absolute atomic E-state index is 11.2. The number of rotatable bonds is 7. The molecule has 0 amide bonds. The van der Waals surface area contributed by atoms with Crippen LogP contribution in [0.1, 0.15) is 46.5 Å². The van der Waals surface area contributed by atoms with Crippen LogP contribution >= 0.6 is 0 Å². The minimum absolute atomic E-state index is 0.155. The molecule has 0 aliphatic rings. The molecule has 0 saturated carbocycles. The minimum atomic E-state index is -0.346. The first-order valence-electron chi connectivity index (χ1n) is 5.49. The summed E-state index contributed by atoms with van der Waals surface area (Å²) < 4.78 is 9.97. The van der Waals surface area contributed by atoms with E-state index in [1.807, 2.05) is 13.8 Å². The van der Waals surface area contributed by atoms with Crippen LogP contribution in [-0.2, 0) is 19.1 Å². The lowest BCUT2D eigenvalue weighted by atomic mass is 10.2. The molecule has 0 heterocycles. The Balaban J connectivity index is 3.87. The molecule has 0 radical (unpaired) electrons. The predicted octanol–water partition coefficient (Wildman–Crippen LogP) is 2.06. The van der Waals surface area contributed by atoms with E-state index in [0.29, 0.717) is 19.4 Å². The van der Waals surface area contributed by atoms with Crippen LogP contribution in [-0.4, -0.2) is 24.6 Å². The quantitative estimate of drug-likeness (QED) is 0.611. The van der Waals surface area contributed by atoms with Gasteiger partial charge in [-0.1, -0.05) is 20.8 Å². The summed E-state index contributed by atoms with van der Waals surface area (Å²) in [5, 5.41) is 0. The summed E-state index contributed by atoms with van der Waals surface area (Å²) >= 11 is 0. The maximum Gasteiger partial charge on any atom is 0.309 e. The monoisotopic (exact) mass is 216 g/mol. The highest BCUT2D eigenvalue weighted by molar-refractivity contribution is 5.72. The Morgan fingerprint density at radius 3 is 2.27 bits per heavy atom. The van der Waals surface area contributed by atoms with Crippen molar-refractivity contribution in [3.8, 4) is 0 Å². The summed E-state index contributed by atoms with van der Waals surface area (Å²) in [6.45, 7) is 5.96. The number of ether oxygens (including phenoxy) is 2. The molecule has 1 atom stereocenters. The summed E-state index contributed by atoms with van der Waals surface area (Å²) in [6, 6.07) is 0. The van der Waals surface area contributed by atoms with Crippen molar-refractivity contribution < 1.29 is 19.1 Å². The molecule has 0 saturated heterocycles. The SMILES string of the molecule is CCCOC(=O)CC(CC)OC(=O)CC. The van der Waals surface area contributed by atoms with Crippen LogP contribution in [0.15, 0.2) is 0 Å². The number of hydrogen-bond donors (Lipinski definition) is 0. The fraction of sp³-hybridized carbons (Fsp3) is 0.818. The Morgan fingerprint density at radius 1 is 1.13 bits per heavy atom. The van der Waals surface area contributed by atoms with Crippen molar-refractivity contribution in [1.29, 1.82) is 0 Å². The van der Waals surface area contributed by atoms with E-state index in [1.54, 1.807) is 6.92 Å². The Hall–Kier alpha value is -1.06. The third-order valence-corrected chi connectivity index (χ3v) is 1.90. The van der Waals surface area contributed by atoms with E-state index in [2.05, 4.69) is 0 Å². The molecule has 0 spiro atoms. The van der Waals surface area contributed by atoms with Gasteiger partial charge in [-0.15, -0.1) is 0 Å². The summed E-state index contributed by atoms with van der Waals surface area (Å²) in [6.07, 6.45) is 1.58. The highest BCUT2D eigenvalue weighted by atomic mass is 16.6. The van der Waals surface area contributed by atoms with Crippen molar-refractivity contribution in [2.45, 2.75) is 52.6 Å². The molecule has 0 aromatic heterocycles. The Morgan fingerprint density at radius 2 is 1.80 bits per heavy atom. The first-order chi connectivity index (χ1) is 7.13. The van der Waals surface area contributed by atoms with E-state index in [1.165, 1.54) is 0 Å². The van der Waals surface area contributed by atoms with Crippen LogP contribution < -0.4 is 0 Å². The van der Waals surface area contributed by atoms with Crippen LogP contribution in [0.3, 0.4) is 0 Å². The average Bonchev–Trinajstić information content (AvgIpc) is 2.25. The smallest absolute Gasteiger partial charge is 0.309 e. The number of hydrogen-bond acceptors (Lipinski definition) is 4. The molecule has 4 nitrogen and oxygen atoms in total. The van der Waals surface area contributed by atoms with Crippen molar-refractivity contribution in [2.75, 3.05) is 6.61 Å². The van der Waals surface area contributed by atoms with Gasteiger partial charge in [0, 0.05) is 6.42 Å². The number of carbonyl (C=O) groups excluding carboxylic acids is 2. The van der Waals surface area contributed by atoms with Crippen LogP contribution in [0.5, 0.6) is 0 Å². The van der Waals surface area contributed by atoms with Crippen LogP contribution in [0.4, 0.5) is 0 Å². The normalized spacial score (nSPS) is 11.9. The van der Waals surface area contributed by atoms with Crippen molar-refractivity contribution in [2.24, 2.45) is 0 Å². The molecule has 0 bridgehead atoms. The molecular weight excluding hydrogens is 196 g/mol. The Labute approximate surface area is 90.9 Å². The topological polar surface area (TPSA) is 52.6 Å². The fourth-order valence-electron chi connectivity index (χ4n) is 0.999. The van der Waals surface area contributed by atoms with Gasteiger partial charge in [-0.05, 0) is 12.8 Å². The third kappa shape index (κ3) is 6.94. The number of carbonyl (C=O) groups is 2. The van der Waals surface area contributed by atoms with Crippen molar-refractivity contribution in [3.05, 3.63) is 0 Å². The van der Waals surface area contributed by atoms with E-state index in [-0.39, 0.29) is 24.5 Å². The van der Waals surface area contributed by atoms with E-state index >= 15 is 0 Å². The lowest BCUT2D eigenvalue weighted by Crippen LogP contribution is -2.21. The zero-order chi connectivity index (χ0) is 11.7. The second-order valence-electron chi connectivity index (χ2n) is 3.30. The van der Waals surface area contributed by atoms with Gasteiger partial charge in [-0.3, -0.25) is 9.59 Å². The molecular formula is C11H20O4. The van der Waals surface area contributed by atoms with Gasteiger partial charge in [0.2, 0.25) is 0 Å². The first kappa shape index (κ1) is 13.9. The largest absolute Gasteiger partial charge is 0.466 e. The predicted molar refractivity (Wildman–Crippen MR) is 56.3 cm³/mol. The van der Waals surface area contributed by atoms with E-state index < -0.39 is 0 Å². The first-order valence-corrected chi connectivity index (χ1v) is 5.49. The molecule has 0 aromatic carbocycles. The highest BCUT2D eigenvalue weighted by Gasteiger charge is 2.16. The van der Waals surface area contributed by atoms with Gasteiger partial charge in [0.1, 0.15) is 6.10 Å². The second kappa shape index (κ2) is 8.26. The fourth-order valence-corrected chi connectivity index (χ4v) is 0.999. The standard InChI is InChI=1S/C11H20O4/c1-4-7-14-11(13)8-9(5-2)15-10(12)6-3/h9H,4-8H2,1-3H3. The summed E-state index contributed by atoms with van der Waals surface area (Å²) in [7, 11) is 0. The molecule has 0 aromatic rings. The van der Waals surface area contributed by atoms with Gasteiger partial charge < -0.3 is 9.47 Å². The van der Waals surface area contributed by atoms with Crippen molar-refractivity contribution >= 4 is 11.9 Å². The van der Waals surface area contributed by atoms with E-state index in [4.69, 9.17) is 9.47 Å². The maximum atomic E-state index is 11.2. The van der Waals surface area contributed by atoms with Crippen molar-refractivity contribution in [3.63, 3.8) is 0 Å². The molecule has 0 N–H and O–H groups in total. The van der Waals surface area contributed by atoms with E-state index in [9.17, 15) is 9.59 Å². The molecule has 15 heavy (non-hydrogen) atoms. The summed E-state index contributed by atoms with van der Waals surface area (Å²) in [4.78, 5) is 22.2. The van der Waals surface area contributed by atoms with Gasteiger partial charge >= 0.3 is 11.9 Å². The zero-order valence-corrected chi connectivity index (χ0v) is 9.75. The van der Waals surface area contributed by atoms with Gasteiger partial charge in [-0.25, -0.2) is 0 Å². The van der Waals surface area contributed by atoms with Crippen LogP contribution in [0, 0.1) is 0 Å². The number of esters is 2. The van der Waals surface area contributed by atoms with Crippen molar-refractivity contribution in [1.82, 2.24) is 0 Å². The highest BCUT2D eigenvalue weighted by Crippen LogP contribution is 2.06. The summed E-state index contributed by atoms with van der Waals surface area (Å²) in [5.41, 5.74) is 0. The molecule has 1 unspecified atom stereocenters. The van der Waals surface area contributed by atoms with Gasteiger partial charge in [-0.2, -0.15) is 0 Å². The lowest BCUT2D eigenvalue weighted by molar-refractivity contribution is -0.155. The van der Waals surface area contributed by atoms with Gasteiger partial charge in [0.25, 0.3) is 0 Å². The molecule has 88 valence electrons. The lowest BCUT2D eigenvalue weighted by Gasteiger charge is -2.14. The molecule has 0 rings (SSSR count). The molecule has 0 aliphatic heterocycles. The van der Waals surface area contributed by atoms with Gasteiger partial charge in [0.15, 0.2) is 0 Å². The molecule has 4 heteroatoms. The minimum Gasteiger partial charge on any atom is -0.466 e. The van der Waals surface area contributed by atoms with Crippen LogP contribution in [0.2, 0.25) is 0 Å². The molecule has 0 fully saturated rings. The van der Waals surface area contributed by atoms with Gasteiger partial charge in [0.05, 0.1) is 13.0 Å². The van der Waals surface area contributed by atoms with E-state index in [0.717, 1.165) is 6.42 Å². The third-order valence-electron chi connectivity index (χ3n) is 1.90. The average molecular weight is 216 g/mol. The summed E-state index contributed by atoms with van der Waals surface area (Å²) in [5.74, 6) is -0.572.